The van der Waals surface area contributed by atoms with E-state index in [0.717, 1.165) is 13.0 Å². The molecule has 1 fully saturated rings. The molecule has 1 amide bonds. The second-order valence-electron chi connectivity index (χ2n) is 3.76. The van der Waals surface area contributed by atoms with Gasteiger partial charge in [0, 0.05) is 25.7 Å². The van der Waals surface area contributed by atoms with Crippen molar-refractivity contribution in [3.8, 4) is 0 Å². The van der Waals surface area contributed by atoms with Crippen LogP contribution in [-0.2, 0) is 14.4 Å². The maximum atomic E-state index is 11.0. The molecule has 0 aromatic carbocycles. The lowest BCUT2D eigenvalue weighted by Gasteiger charge is -2.15. The third-order valence-corrected chi connectivity index (χ3v) is 2.58. The predicted octanol–water partition coefficient (Wildman–Crippen LogP) is -1.27. The third kappa shape index (κ3) is 4.98. The highest BCUT2D eigenvalue weighted by Gasteiger charge is 2.24. The van der Waals surface area contributed by atoms with Gasteiger partial charge in [-0.25, -0.2) is 10.6 Å². The Kier molecular flexibility index (Phi) is 5.67. The van der Waals surface area contributed by atoms with Crippen molar-refractivity contribution in [2.45, 2.75) is 18.9 Å². The SMILES string of the molecule is COC(=O)NC1CCN(CCC(=O)ONN)C1. The minimum Gasteiger partial charge on any atom is -0.453 e. The van der Waals surface area contributed by atoms with E-state index < -0.39 is 12.1 Å². The number of carbonyl (C=O) groups is 2. The highest BCUT2D eigenvalue weighted by Crippen LogP contribution is 2.09. The Bertz CT molecular complexity index is 274. The van der Waals surface area contributed by atoms with E-state index in [4.69, 9.17) is 5.84 Å². The minimum atomic E-state index is -0.427. The van der Waals surface area contributed by atoms with Crippen molar-refractivity contribution in [2.24, 2.45) is 5.84 Å². The number of nitrogens with zero attached hydrogens (tertiary/aromatic N) is 1. The Morgan fingerprint density at radius 3 is 2.94 bits per heavy atom. The van der Waals surface area contributed by atoms with Gasteiger partial charge in [-0.15, -0.1) is 0 Å². The average molecular weight is 246 g/mol. The van der Waals surface area contributed by atoms with Crippen molar-refractivity contribution < 1.29 is 19.2 Å². The van der Waals surface area contributed by atoms with E-state index in [1.54, 1.807) is 0 Å². The lowest BCUT2D eigenvalue weighted by molar-refractivity contribution is -0.151. The maximum Gasteiger partial charge on any atom is 0.407 e. The van der Waals surface area contributed by atoms with E-state index in [1.165, 1.54) is 7.11 Å². The van der Waals surface area contributed by atoms with Gasteiger partial charge < -0.3 is 19.8 Å². The first kappa shape index (κ1) is 13.7. The number of hydrogen-bond acceptors (Lipinski definition) is 7. The fraction of sp³-hybridized carbons (Fsp3) is 0.778. The Hall–Kier alpha value is -1.38. The van der Waals surface area contributed by atoms with E-state index in [9.17, 15) is 9.59 Å². The molecule has 1 rings (SSSR count). The molecule has 98 valence electrons. The first-order chi connectivity index (χ1) is 8.15. The van der Waals surface area contributed by atoms with Gasteiger partial charge in [-0.05, 0) is 6.42 Å². The monoisotopic (exact) mass is 246 g/mol. The number of nitrogens with two attached hydrogens (primary N) is 1. The molecule has 1 aliphatic rings. The number of rotatable bonds is 5. The van der Waals surface area contributed by atoms with Gasteiger partial charge in [0.2, 0.25) is 0 Å². The molecule has 0 saturated carbocycles. The number of hydrogen-bond donors (Lipinski definition) is 3. The molecular formula is C9H18N4O4. The first-order valence-corrected chi connectivity index (χ1v) is 5.37. The molecule has 0 aromatic rings. The van der Waals surface area contributed by atoms with Crippen LogP contribution < -0.4 is 16.7 Å². The second-order valence-corrected chi connectivity index (χ2v) is 3.76. The molecular weight excluding hydrogens is 228 g/mol. The quantitative estimate of drug-likeness (QED) is 0.410. The number of amides is 1. The highest BCUT2D eigenvalue weighted by molar-refractivity contribution is 5.69. The van der Waals surface area contributed by atoms with Crippen LogP contribution in [0, 0.1) is 0 Å². The van der Waals surface area contributed by atoms with Crippen LogP contribution in [0.15, 0.2) is 0 Å². The van der Waals surface area contributed by atoms with Crippen LogP contribution in [-0.4, -0.2) is 49.7 Å². The highest BCUT2D eigenvalue weighted by atomic mass is 16.7. The van der Waals surface area contributed by atoms with Crippen molar-refractivity contribution >= 4 is 12.1 Å². The van der Waals surface area contributed by atoms with Gasteiger partial charge in [0.1, 0.15) is 0 Å². The van der Waals surface area contributed by atoms with Crippen molar-refractivity contribution in [1.82, 2.24) is 15.8 Å². The smallest absolute Gasteiger partial charge is 0.407 e. The third-order valence-electron chi connectivity index (χ3n) is 2.58. The normalized spacial score (nSPS) is 20.0. The second kappa shape index (κ2) is 7.05. The summed E-state index contributed by atoms with van der Waals surface area (Å²) >= 11 is 0. The van der Waals surface area contributed by atoms with Crippen molar-refractivity contribution in [1.29, 1.82) is 0 Å². The maximum absolute atomic E-state index is 11.0. The summed E-state index contributed by atoms with van der Waals surface area (Å²) in [6, 6.07) is 0.0751. The molecule has 1 atom stereocenters. The largest absolute Gasteiger partial charge is 0.453 e. The Balaban J connectivity index is 2.17. The molecule has 0 aromatic heterocycles. The zero-order valence-electron chi connectivity index (χ0n) is 9.77. The Labute approximate surface area is 99.3 Å². The molecule has 1 unspecified atom stereocenters. The number of likely N-dealkylation sites (tertiary alicyclic amines) is 1. The van der Waals surface area contributed by atoms with Crippen molar-refractivity contribution in [2.75, 3.05) is 26.7 Å². The molecule has 0 spiro atoms. The zero-order valence-corrected chi connectivity index (χ0v) is 9.77. The molecule has 0 bridgehead atoms. The summed E-state index contributed by atoms with van der Waals surface area (Å²) in [5.41, 5.74) is 1.84. The Morgan fingerprint density at radius 1 is 1.53 bits per heavy atom. The van der Waals surface area contributed by atoms with Crippen LogP contribution >= 0.6 is 0 Å². The molecule has 4 N–H and O–H groups in total. The van der Waals surface area contributed by atoms with Crippen LogP contribution in [0.1, 0.15) is 12.8 Å². The van der Waals surface area contributed by atoms with E-state index in [0.29, 0.717) is 13.1 Å². The lowest BCUT2D eigenvalue weighted by Crippen LogP contribution is -2.37. The summed E-state index contributed by atoms with van der Waals surface area (Å²) in [5, 5.41) is 2.72. The van der Waals surface area contributed by atoms with E-state index >= 15 is 0 Å². The summed E-state index contributed by atoms with van der Waals surface area (Å²) in [5.74, 6) is 4.43. The molecule has 1 heterocycles. The zero-order chi connectivity index (χ0) is 12.7. The van der Waals surface area contributed by atoms with Crippen molar-refractivity contribution in [3.63, 3.8) is 0 Å². The van der Waals surface area contributed by atoms with Crippen LogP contribution in [0.5, 0.6) is 0 Å². The Morgan fingerprint density at radius 2 is 2.29 bits per heavy atom. The van der Waals surface area contributed by atoms with Gasteiger partial charge in [0.15, 0.2) is 0 Å². The molecule has 0 radical (unpaired) electrons. The van der Waals surface area contributed by atoms with Gasteiger partial charge in [0.05, 0.1) is 13.5 Å². The fourth-order valence-electron chi connectivity index (χ4n) is 1.75. The lowest BCUT2D eigenvalue weighted by atomic mass is 10.3. The number of alkyl carbamates (subject to hydrolysis) is 1. The summed E-state index contributed by atoms with van der Waals surface area (Å²) < 4.78 is 4.51. The van der Waals surface area contributed by atoms with E-state index in [-0.39, 0.29) is 12.5 Å². The number of nitrogens with one attached hydrogen (secondary N) is 2. The van der Waals surface area contributed by atoms with Crippen LogP contribution in [0.25, 0.3) is 0 Å². The molecule has 17 heavy (non-hydrogen) atoms. The summed E-state index contributed by atoms with van der Waals surface area (Å²) in [4.78, 5) is 28.5. The molecule has 1 aliphatic heterocycles. The summed E-state index contributed by atoms with van der Waals surface area (Å²) in [7, 11) is 1.33. The van der Waals surface area contributed by atoms with Crippen LogP contribution in [0.2, 0.25) is 0 Å². The van der Waals surface area contributed by atoms with Crippen molar-refractivity contribution in [3.05, 3.63) is 0 Å². The molecule has 8 nitrogen and oxygen atoms in total. The number of hydrazine groups is 1. The number of methoxy groups -OCH3 is 1. The minimum absolute atomic E-state index is 0.0751. The van der Waals surface area contributed by atoms with Gasteiger partial charge in [-0.1, -0.05) is 5.59 Å². The fourth-order valence-corrected chi connectivity index (χ4v) is 1.75. The standard InChI is InChI=1S/C9H18N4O4/c1-16-9(15)11-7-2-4-13(6-7)5-3-8(14)17-12-10/h7,12H,2-6,10H2,1H3,(H,11,15). The van der Waals surface area contributed by atoms with Gasteiger partial charge >= 0.3 is 12.1 Å². The number of carbonyl (C=O) groups excluding carboxylic acids is 2. The average Bonchev–Trinajstić information content (AvgIpc) is 2.74. The summed E-state index contributed by atoms with van der Waals surface area (Å²) in [6.07, 6.45) is 0.678. The molecule has 1 saturated heterocycles. The van der Waals surface area contributed by atoms with Crippen LogP contribution in [0.3, 0.4) is 0 Å². The van der Waals surface area contributed by atoms with Gasteiger partial charge in [-0.2, -0.15) is 0 Å². The molecule has 8 heteroatoms. The van der Waals surface area contributed by atoms with Crippen LogP contribution in [0.4, 0.5) is 4.79 Å². The topological polar surface area (TPSA) is 106 Å². The molecule has 0 aliphatic carbocycles. The van der Waals surface area contributed by atoms with Gasteiger partial charge in [0.25, 0.3) is 0 Å². The van der Waals surface area contributed by atoms with E-state index in [1.807, 2.05) is 5.59 Å². The van der Waals surface area contributed by atoms with E-state index in [2.05, 4.69) is 19.8 Å². The first-order valence-electron chi connectivity index (χ1n) is 5.37. The van der Waals surface area contributed by atoms with Gasteiger partial charge in [-0.3, -0.25) is 4.79 Å². The number of ether oxygens (including phenoxy) is 1. The summed E-state index contributed by atoms with van der Waals surface area (Å²) in [6.45, 7) is 2.12. The predicted molar refractivity (Wildman–Crippen MR) is 58.4 cm³/mol.